The van der Waals surface area contributed by atoms with E-state index in [-0.39, 0.29) is 32.5 Å². The van der Waals surface area contributed by atoms with Crippen molar-refractivity contribution in [1.29, 1.82) is 0 Å². The van der Waals surface area contributed by atoms with Crippen molar-refractivity contribution in [2.24, 2.45) is 0 Å². The van der Waals surface area contributed by atoms with Gasteiger partial charge in [-0.05, 0) is 43.3 Å². The van der Waals surface area contributed by atoms with Gasteiger partial charge in [-0.1, -0.05) is 23.2 Å². The molecular formula is C19H13Cl2NO6. The van der Waals surface area contributed by atoms with Crippen LogP contribution in [0.4, 0.5) is 0 Å². The number of carbonyl (C=O) groups excluding carboxylic acids is 4. The van der Waals surface area contributed by atoms with E-state index in [4.69, 9.17) is 27.9 Å². The van der Waals surface area contributed by atoms with Gasteiger partial charge >= 0.3 is 11.9 Å². The third-order valence-corrected chi connectivity index (χ3v) is 4.90. The summed E-state index contributed by atoms with van der Waals surface area (Å²) in [4.78, 5) is 49.8. The molecular weight excluding hydrogens is 409 g/mol. The minimum atomic E-state index is -1.19. The van der Waals surface area contributed by atoms with Gasteiger partial charge in [0.1, 0.15) is 11.8 Å². The van der Waals surface area contributed by atoms with Crippen molar-refractivity contribution in [3.63, 3.8) is 0 Å². The van der Waals surface area contributed by atoms with E-state index in [2.05, 4.69) is 4.74 Å². The third kappa shape index (κ3) is 3.46. The molecule has 2 aromatic carbocycles. The Hall–Kier alpha value is -2.90. The maximum Gasteiger partial charge on any atom is 0.337 e. The Kier molecular flexibility index (Phi) is 5.40. The molecule has 0 N–H and O–H groups in total. The molecule has 7 nitrogen and oxygen atoms in total. The molecule has 0 bridgehead atoms. The molecule has 1 atom stereocenters. The number of fused-ring (bicyclic) bond motifs is 1. The lowest BCUT2D eigenvalue weighted by Crippen LogP contribution is -2.44. The average Bonchev–Trinajstić information content (AvgIpc) is 2.91. The average molecular weight is 422 g/mol. The van der Waals surface area contributed by atoms with Crippen LogP contribution >= 0.6 is 23.2 Å². The normalized spacial score (nSPS) is 13.9. The Morgan fingerprint density at radius 3 is 1.93 bits per heavy atom. The van der Waals surface area contributed by atoms with Gasteiger partial charge in [0.2, 0.25) is 0 Å². The first-order valence-corrected chi connectivity index (χ1v) is 8.77. The predicted octanol–water partition coefficient (Wildman–Crippen LogP) is 3.37. The molecule has 2 aromatic rings. The number of hydrogen-bond donors (Lipinski definition) is 0. The third-order valence-electron chi connectivity index (χ3n) is 4.18. The second-order valence-corrected chi connectivity index (χ2v) is 6.72. The second kappa shape index (κ2) is 7.61. The van der Waals surface area contributed by atoms with Crippen LogP contribution in [0.3, 0.4) is 0 Å². The van der Waals surface area contributed by atoms with Crippen molar-refractivity contribution in [2.75, 3.05) is 7.11 Å². The maximum absolute atomic E-state index is 12.6. The Balaban J connectivity index is 1.77. The van der Waals surface area contributed by atoms with Gasteiger partial charge in [-0.3, -0.25) is 14.5 Å². The smallest absolute Gasteiger partial charge is 0.337 e. The van der Waals surface area contributed by atoms with E-state index in [1.165, 1.54) is 50.4 Å². The van der Waals surface area contributed by atoms with Gasteiger partial charge in [-0.25, -0.2) is 9.59 Å². The van der Waals surface area contributed by atoms with Crippen LogP contribution in [0.1, 0.15) is 38.0 Å². The molecule has 3 rings (SSSR count). The number of ether oxygens (including phenoxy) is 2. The van der Waals surface area contributed by atoms with Gasteiger partial charge in [0.25, 0.3) is 11.8 Å². The molecule has 1 aliphatic rings. The maximum atomic E-state index is 12.6. The van der Waals surface area contributed by atoms with E-state index in [1.54, 1.807) is 0 Å². The zero-order chi connectivity index (χ0) is 20.6. The lowest BCUT2D eigenvalue weighted by molar-refractivity contribution is -0.138. The number of esters is 2. The minimum Gasteiger partial charge on any atom is -0.465 e. The molecule has 0 spiro atoms. The lowest BCUT2D eigenvalue weighted by atomic mass is 10.1. The van der Waals surface area contributed by atoms with Crippen molar-refractivity contribution < 1.29 is 28.7 Å². The van der Waals surface area contributed by atoms with Crippen LogP contribution < -0.4 is 4.74 Å². The summed E-state index contributed by atoms with van der Waals surface area (Å²) in [7, 11) is 1.25. The van der Waals surface area contributed by atoms with Crippen molar-refractivity contribution in [2.45, 2.75) is 13.0 Å². The van der Waals surface area contributed by atoms with Crippen LogP contribution in [0.25, 0.3) is 0 Å². The molecule has 9 heteroatoms. The molecule has 1 aliphatic heterocycles. The number of imide groups is 1. The van der Waals surface area contributed by atoms with Crippen molar-refractivity contribution in [3.05, 3.63) is 63.1 Å². The van der Waals surface area contributed by atoms with Gasteiger partial charge in [-0.15, -0.1) is 0 Å². The van der Waals surface area contributed by atoms with Gasteiger partial charge < -0.3 is 9.47 Å². The highest BCUT2D eigenvalue weighted by atomic mass is 35.5. The fraction of sp³-hybridized carbons (Fsp3) is 0.158. The summed E-state index contributed by atoms with van der Waals surface area (Å²) in [5.74, 6) is -2.53. The van der Waals surface area contributed by atoms with Crippen LogP contribution in [0, 0.1) is 0 Å². The summed E-state index contributed by atoms with van der Waals surface area (Å²) < 4.78 is 9.80. The molecule has 0 saturated carbocycles. The summed E-state index contributed by atoms with van der Waals surface area (Å²) in [6, 6.07) is 7.05. The van der Waals surface area contributed by atoms with Gasteiger partial charge in [0.05, 0.1) is 33.8 Å². The standard InChI is InChI=1S/C19H13Cl2NO6/c1-9(18(25)28-11-5-3-10(4-6-11)19(26)27-2)22-16(23)12-7-14(20)15(21)8-13(12)17(22)24/h3-9H,1-2H3/t9-/m1/s1. The summed E-state index contributed by atoms with van der Waals surface area (Å²) in [6.07, 6.45) is 0. The number of hydrogen-bond acceptors (Lipinski definition) is 6. The Morgan fingerprint density at radius 1 is 0.964 bits per heavy atom. The monoisotopic (exact) mass is 421 g/mol. The van der Waals surface area contributed by atoms with Crippen LogP contribution in [-0.2, 0) is 9.53 Å². The summed E-state index contributed by atoms with van der Waals surface area (Å²) in [5.41, 5.74) is 0.424. The van der Waals surface area contributed by atoms with Crippen LogP contribution in [-0.4, -0.2) is 41.8 Å². The van der Waals surface area contributed by atoms with E-state index in [0.29, 0.717) is 0 Å². The number of methoxy groups -OCH3 is 1. The SMILES string of the molecule is COC(=O)c1ccc(OC(=O)[C@@H](C)N2C(=O)c3cc(Cl)c(Cl)cc3C2=O)cc1. The van der Waals surface area contributed by atoms with Crippen LogP contribution in [0.15, 0.2) is 36.4 Å². The van der Waals surface area contributed by atoms with Crippen molar-refractivity contribution >= 4 is 47.0 Å². The number of halogens is 2. The van der Waals surface area contributed by atoms with Crippen molar-refractivity contribution in [3.8, 4) is 5.75 Å². The largest absolute Gasteiger partial charge is 0.465 e. The van der Waals surface area contributed by atoms with E-state index < -0.39 is 29.8 Å². The highest BCUT2D eigenvalue weighted by molar-refractivity contribution is 6.43. The first kappa shape index (κ1) is 19.9. The van der Waals surface area contributed by atoms with Crippen LogP contribution in [0.5, 0.6) is 5.75 Å². The number of nitrogens with zero attached hydrogens (tertiary/aromatic N) is 1. The van der Waals surface area contributed by atoms with E-state index in [0.717, 1.165) is 4.90 Å². The number of carbonyl (C=O) groups is 4. The molecule has 28 heavy (non-hydrogen) atoms. The Labute approximate surface area is 169 Å². The zero-order valence-electron chi connectivity index (χ0n) is 14.7. The highest BCUT2D eigenvalue weighted by Gasteiger charge is 2.42. The lowest BCUT2D eigenvalue weighted by Gasteiger charge is -2.20. The topological polar surface area (TPSA) is 90.0 Å². The molecule has 0 radical (unpaired) electrons. The molecule has 0 aliphatic carbocycles. The van der Waals surface area contributed by atoms with Gasteiger partial charge in [0.15, 0.2) is 0 Å². The van der Waals surface area contributed by atoms with Crippen molar-refractivity contribution in [1.82, 2.24) is 4.90 Å². The number of benzene rings is 2. The molecule has 1 heterocycles. The molecule has 0 saturated heterocycles. The van der Waals surface area contributed by atoms with Gasteiger partial charge in [0, 0.05) is 0 Å². The van der Waals surface area contributed by atoms with Gasteiger partial charge in [-0.2, -0.15) is 0 Å². The number of rotatable bonds is 4. The van der Waals surface area contributed by atoms with E-state index >= 15 is 0 Å². The summed E-state index contributed by atoms with van der Waals surface area (Å²) in [5, 5.41) is 0.258. The first-order chi connectivity index (χ1) is 13.2. The Bertz CT molecular complexity index is 961. The van der Waals surface area contributed by atoms with E-state index in [9.17, 15) is 19.2 Å². The molecule has 144 valence electrons. The quantitative estimate of drug-likeness (QED) is 0.427. The Morgan fingerprint density at radius 2 is 1.46 bits per heavy atom. The molecule has 0 aromatic heterocycles. The first-order valence-electron chi connectivity index (χ1n) is 8.01. The summed E-state index contributed by atoms with van der Waals surface area (Å²) in [6.45, 7) is 1.37. The summed E-state index contributed by atoms with van der Waals surface area (Å²) >= 11 is 11.8. The molecule has 0 unspecified atom stereocenters. The van der Waals surface area contributed by atoms with E-state index in [1.807, 2.05) is 0 Å². The second-order valence-electron chi connectivity index (χ2n) is 5.91. The predicted molar refractivity (Wildman–Crippen MR) is 99.8 cm³/mol. The fourth-order valence-corrected chi connectivity index (χ4v) is 3.02. The molecule has 0 fully saturated rings. The number of amides is 2. The molecule has 2 amide bonds. The highest BCUT2D eigenvalue weighted by Crippen LogP contribution is 2.32. The minimum absolute atomic E-state index is 0.0708. The van der Waals surface area contributed by atoms with Crippen LogP contribution in [0.2, 0.25) is 10.0 Å². The zero-order valence-corrected chi connectivity index (χ0v) is 16.2. The fourth-order valence-electron chi connectivity index (χ4n) is 2.69.